The lowest BCUT2D eigenvalue weighted by molar-refractivity contribution is 0.114. The van der Waals surface area contributed by atoms with Crippen molar-refractivity contribution < 1.29 is 4.74 Å². The number of methoxy groups -OCH3 is 1. The molecule has 0 aliphatic heterocycles. The predicted molar refractivity (Wildman–Crippen MR) is 68.9 cm³/mol. The lowest BCUT2D eigenvalue weighted by Gasteiger charge is -2.28. The molecule has 1 atom stereocenters. The predicted octanol–water partition coefficient (Wildman–Crippen LogP) is 1.80. The van der Waals surface area contributed by atoms with Gasteiger partial charge in [0, 0.05) is 32.4 Å². The molecule has 90 valence electrons. The van der Waals surface area contributed by atoms with Crippen molar-refractivity contribution in [2.24, 2.45) is 5.73 Å². The molecule has 0 bridgehead atoms. The van der Waals surface area contributed by atoms with Gasteiger partial charge in [-0.3, -0.25) is 0 Å². The SMILES string of the molecule is CCN(CC(CN)OC)c1ccccc1C. The van der Waals surface area contributed by atoms with E-state index >= 15 is 0 Å². The highest BCUT2D eigenvalue weighted by molar-refractivity contribution is 5.52. The van der Waals surface area contributed by atoms with E-state index in [9.17, 15) is 0 Å². The summed E-state index contributed by atoms with van der Waals surface area (Å²) in [6, 6.07) is 8.39. The molecule has 3 heteroatoms. The summed E-state index contributed by atoms with van der Waals surface area (Å²) in [5.41, 5.74) is 8.20. The fraction of sp³-hybridized carbons (Fsp3) is 0.538. The van der Waals surface area contributed by atoms with Crippen molar-refractivity contribution in [1.82, 2.24) is 0 Å². The van der Waals surface area contributed by atoms with E-state index in [-0.39, 0.29) is 6.10 Å². The number of likely N-dealkylation sites (N-methyl/N-ethyl adjacent to an activating group) is 1. The lowest BCUT2D eigenvalue weighted by atomic mass is 10.1. The van der Waals surface area contributed by atoms with Crippen LogP contribution in [0.25, 0.3) is 0 Å². The van der Waals surface area contributed by atoms with E-state index in [4.69, 9.17) is 10.5 Å². The van der Waals surface area contributed by atoms with Crippen molar-refractivity contribution in [2.45, 2.75) is 20.0 Å². The van der Waals surface area contributed by atoms with Gasteiger partial charge >= 0.3 is 0 Å². The van der Waals surface area contributed by atoms with Gasteiger partial charge in [-0.25, -0.2) is 0 Å². The normalized spacial score (nSPS) is 12.5. The number of hydrogen-bond donors (Lipinski definition) is 1. The summed E-state index contributed by atoms with van der Waals surface area (Å²) in [6.45, 7) is 6.63. The minimum Gasteiger partial charge on any atom is -0.378 e. The Kier molecular flexibility index (Phi) is 5.29. The number of nitrogens with zero attached hydrogens (tertiary/aromatic N) is 1. The molecule has 0 fully saturated rings. The maximum Gasteiger partial charge on any atom is 0.0867 e. The van der Waals surface area contributed by atoms with Crippen molar-refractivity contribution in [3.63, 3.8) is 0 Å². The zero-order valence-electron chi connectivity index (χ0n) is 10.4. The number of rotatable bonds is 6. The average Bonchev–Trinajstić information content (AvgIpc) is 2.32. The number of hydrogen-bond acceptors (Lipinski definition) is 3. The average molecular weight is 222 g/mol. The van der Waals surface area contributed by atoms with E-state index in [1.165, 1.54) is 11.3 Å². The maximum absolute atomic E-state index is 5.65. The number of aryl methyl sites for hydroxylation is 1. The number of benzene rings is 1. The lowest BCUT2D eigenvalue weighted by Crippen LogP contribution is -2.38. The van der Waals surface area contributed by atoms with Gasteiger partial charge in [0.15, 0.2) is 0 Å². The smallest absolute Gasteiger partial charge is 0.0867 e. The van der Waals surface area contributed by atoms with Crippen molar-refractivity contribution in [3.05, 3.63) is 29.8 Å². The number of ether oxygens (including phenoxy) is 1. The fourth-order valence-corrected chi connectivity index (χ4v) is 1.81. The van der Waals surface area contributed by atoms with Gasteiger partial charge in [0.25, 0.3) is 0 Å². The van der Waals surface area contributed by atoms with Gasteiger partial charge in [-0.05, 0) is 25.5 Å². The van der Waals surface area contributed by atoms with Crippen molar-refractivity contribution in [3.8, 4) is 0 Å². The highest BCUT2D eigenvalue weighted by atomic mass is 16.5. The van der Waals surface area contributed by atoms with Crippen LogP contribution in [0.3, 0.4) is 0 Å². The second-order valence-corrected chi connectivity index (χ2v) is 3.92. The zero-order valence-corrected chi connectivity index (χ0v) is 10.4. The fourth-order valence-electron chi connectivity index (χ4n) is 1.81. The molecule has 0 aromatic heterocycles. The van der Waals surface area contributed by atoms with Gasteiger partial charge in [-0.15, -0.1) is 0 Å². The van der Waals surface area contributed by atoms with Crippen LogP contribution in [-0.2, 0) is 4.74 Å². The van der Waals surface area contributed by atoms with Crippen LogP contribution in [0.5, 0.6) is 0 Å². The molecule has 0 amide bonds. The molecule has 0 spiro atoms. The summed E-state index contributed by atoms with van der Waals surface area (Å²) in [4.78, 5) is 2.30. The van der Waals surface area contributed by atoms with E-state index in [1.54, 1.807) is 7.11 Å². The van der Waals surface area contributed by atoms with Crippen LogP contribution in [-0.4, -0.2) is 32.8 Å². The Morgan fingerprint density at radius 3 is 2.56 bits per heavy atom. The third-order valence-corrected chi connectivity index (χ3v) is 2.86. The van der Waals surface area contributed by atoms with E-state index in [2.05, 4.69) is 43.0 Å². The quantitative estimate of drug-likeness (QED) is 0.797. The van der Waals surface area contributed by atoms with Crippen LogP contribution < -0.4 is 10.6 Å². The van der Waals surface area contributed by atoms with Crippen molar-refractivity contribution >= 4 is 5.69 Å². The van der Waals surface area contributed by atoms with Gasteiger partial charge < -0.3 is 15.4 Å². The Morgan fingerprint density at radius 2 is 2.06 bits per heavy atom. The zero-order chi connectivity index (χ0) is 12.0. The van der Waals surface area contributed by atoms with Crippen LogP contribution in [0.1, 0.15) is 12.5 Å². The molecule has 1 rings (SSSR count). The molecular weight excluding hydrogens is 200 g/mol. The van der Waals surface area contributed by atoms with Crippen LogP contribution in [0, 0.1) is 6.92 Å². The van der Waals surface area contributed by atoms with E-state index in [0.717, 1.165) is 13.1 Å². The van der Waals surface area contributed by atoms with Crippen molar-refractivity contribution in [1.29, 1.82) is 0 Å². The van der Waals surface area contributed by atoms with E-state index in [0.29, 0.717) is 6.54 Å². The minimum absolute atomic E-state index is 0.0968. The Labute approximate surface area is 98.2 Å². The first-order valence-electron chi connectivity index (χ1n) is 5.76. The van der Waals surface area contributed by atoms with Gasteiger partial charge in [0.1, 0.15) is 0 Å². The minimum atomic E-state index is 0.0968. The van der Waals surface area contributed by atoms with Crippen LogP contribution >= 0.6 is 0 Å². The molecule has 0 aliphatic carbocycles. The molecule has 2 N–H and O–H groups in total. The molecule has 3 nitrogen and oxygen atoms in total. The topological polar surface area (TPSA) is 38.5 Å². The largest absolute Gasteiger partial charge is 0.378 e. The second-order valence-electron chi connectivity index (χ2n) is 3.92. The maximum atomic E-state index is 5.65. The Bertz CT molecular complexity index is 311. The number of para-hydroxylation sites is 1. The first-order valence-corrected chi connectivity index (χ1v) is 5.76. The van der Waals surface area contributed by atoms with Gasteiger partial charge in [0.05, 0.1) is 6.10 Å². The Morgan fingerprint density at radius 1 is 1.38 bits per heavy atom. The molecule has 16 heavy (non-hydrogen) atoms. The van der Waals surface area contributed by atoms with Crippen LogP contribution in [0.15, 0.2) is 24.3 Å². The summed E-state index contributed by atoms with van der Waals surface area (Å²) >= 11 is 0. The highest BCUT2D eigenvalue weighted by Crippen LogP contribution is 2.19. The standard InChI is InChI=1S/C13H22N2O/c1-4-15(10-12(9-14)16-3)13-8-6-5-7-11(13)2/h5-8,12H,4,9-10,14H2,1-3H3. The van der Waals surface area contributed by atoms with E-state index in [1.807, 2.05) is 0 Å². The summed E-state index contributed by atoms with van der Waals surface area (Å²) in [7, 11) is 1.71. The summed E-state index contributed by atoms with van der Waals surface area (Å²) in [5, 5.41) is 0. The van der Waals surface area contributed by atoms with Gasteiger partial charge in [-0.2, -0.15) is 0 Å². The molecule has 0 saturated heterocycles. The van der Waals surface area contributed by atoms with Crippen LogP contribution in [0.2, 0.25) is 0 Å². The highest BCUT2D eigenvalue weighted by Gasteiger charge is 2.12. The Balaban J connectivity index is 2.78. The summed E-state index contributed by atoms with van der Waals surface area (Å²) in [6.07, 6.45) is 0.0968. The Hall–Kier alpha value is -1.06. The first-order chi connectivity index (χ1) is 7.72. The summed E-state index contributed by atoms with van der Waals surface area (Å²) < 4.78 is 5.33. The number of nitrogens with two attached hydrogens (primary N) is 1. The molecule has 1 aromatic rings. The second kappa shape index (κ2) is 6.51. The molecule has 1 unspecified atom stereocenters. The van der Waals surface area contributed by atoms with E-state index < -0.39 is 0 Å². The monoisotopic (exact) mass is 222 g/mol. The molecule has 0 aliphatic rings. The molecule has 0 heterocycles. The van der Waals surface area contributed by atoms with Gasteiger partial charge in [-0.1, -0.05) is 18.2 Å². The third kappa shape index (κ3) is 3.22. The first kappa shape index (κ1) is 13.0. The third-order valence-electron chi connectivity index (χ3n) is 2.86. The number of anilines is 1. The van der Waals surface area contributed by atoms with Crippen molar-refractivity contribution in [2.75, 3.05) is 31.6 Å². The molecule has 0 radical (unpaired) electrons. The summed E-state index contributed by atoms with van der Waals surface area (Å²) in [5.74, 6) is 0. The van der Waals surface area contributed by atoms with Gasteiger partial charge in [0.2, 0.25) is 0 Å². The van der Waals surface area contributed by atoms with Crippen LogP contribution in [0.4, 0.5) is 5.69 Å². The molecular formula is C13H22N2O. The molecule has 1 aromatic carbocycles. The molecule has 0 saturated carbocycles.